The molecule has 1 saturated carbocycles. The summed E-state index contributed by atoms with van der Waals surface area (Å²) in [6.07, 6.45) is 6.58. The number of carbonyl (C=O) groups is 1. The molecule has 0 N–H and O–H groups in total. The second-order valence-electron chi connectivity index (χ2n) is 8.48. The Morgan fingerprint density at radius 3 is 2.66 bits per heavy atom. The first-order chi connectivity index (χ1) is 14.0. The Morgan fingerprint density at radius 2 is 1.93 bits per heavy atom. The Morgan fingerprint density at radius 1 is 1.14 bits per heavy atom. The molecule has 3 aromatic rings. The molecule has 0 aliphatic heterocycles. The van der Waals surface area contributed by atoms with Crippen molar-refractivity contribution in [2.45, 2.75) is 57.7 Å². The minimum Gasteiger partial charge on any atom is -0.351 e. The van der Waals surface area contributed by atoms with E-state index < -0.39 is 0 Å². The Kier molecular flexibility index (Phi) is 4.19. The summed E-state index contributed by atoms with van der Waals surface area (Å²) < 4.78 is 5.88. The van der Waals surface area contributed by atoms with Gasteiger partial charge in [0, 0.05) is 73.1 Å². The van der Waals surface area contributed by atoms with Gasteiger partial charge < -0.3 is 9.47 Å². The fourth-order valence-electron chi connectivity index (χ4n) is 5.14. The molecule has 6 nitrogen and oxygen atoms in total. The average molecular weight is 393 g/mol. The van der Waals surface area contributed by atoms with Gasteiger partial charge >= 0.3 is 0 Å². The van der Waals surface area contributed by atoms with E-state index >= 15 is 0 Å². The summed E-state index contributed by atoms with van der Waals surface area (Å²) in [5.41, 5.74) is 4.01. The summed E-state index contributed by atoms with van der Waals surface area (Å²) in [5, 5.41) is 1.01. The maximum atomic E-state index is 13.7. The number of fused-ring (bicyclic) bond motifs is 2. The molecule has 0 saturated heterocycles. The fourth-order valence-corrected chi connectivity index (χ4v) is 5.14. The first-order valence-corrected chi connectivity index (χ1v) is 10.7. The summed E-state index contributed by atoms with van der Waals surface area (Å²) in [6, 6.07) is 8.41. The van der Waals surface area contributed by atoms with Gasteiger partial charge in [0.2, 0.25) is 0 Å². The van der Waals surface area contributed by atoms with Crippen molar-refractivity contribution < 1.29 is 4.79 Å². The molecule has 1 fully saturated rings. The topological polar surface area (TPSA) is 52.2 Å². The predicted octanol–water partition coefficient (Wildman–Crippen LogP) is 2.86. The van der Waals surface area contributed by atoms with E-state index in [9.17, 15) is 9.59 Å². The molecule has 2 aliphatic carbocycles. The first kappa shape index (κ1) is 18.3. The van der Waals surface area contributed by atoms with Crippen LogP contribution in [0.15, 0.2) is 35.3 Å². The van der Waals surface area contributed by atoms with E-state index in [1.165, 1.54) is 0 Å². The maximum absolute atomic E-state index is 13.7. The summed E-state index contributed by atoms with van der Waals surface area (Å²) >= 11 is 0. The van der Waals surface area contributed by atoms with E-state index in [0.717, 1.165) is 60.0 Å². The number of amides is 1. The lowest BCUT2D eigenvalue weighted by molar-refractivity contribution is 0.0644. The quantitative estimate of drug-likeness (QED) is 0.686. The first-order valence-electron chi connectivity index (χ1n) is 10.7. The van der Waals surface area contributed by atoms with E-state index in [-0.39, 0.29) is 17.5 Å². The van der Waals surface area contributed by atoms with Gasteiger partial charge in [0.1, 0.15) is 0 Å². The minimum absolute atomic E-state index is 0.0971. The largest absolute Gasteiger partial charge is 0.351 e. The van der Waals surface area contributed by atoms with Gasteiger partial charge in [-0.1, -0.05) is 6.07 Å². The molecule has 0 bridgehead atoms. The van der Waals surface area contributed by atoms with Crippen LogP contribution in [0, 0.1) is 0 Å². The monoisotopic (exact) mass is 392 g/mol. The third-order valence-corrected chi connectivity index (χ3v) is 6.75. The molecule has 5 rings (SSSR count). The lowest BCUT2D eigenvalue weighted by Crippen LogP contribution is -2.45. The standard InChI is InChI=1S/C23H28N4O2/c1-4-26-21-11-10-16(14-19(21)22(28)25(26)3)27(15-8-9-15)23(29)18-6-5-7-20-17(18)12-13-24(20)2/h5-7,12-13,15-16H,4,8-11,14H2,1-3H3. The molecule has 29 heavy (non-hydrogen) atoms. The minimum atomic E-state index is 0.0971. The number of hydrogen-bond acceptors (Lipinski definition) is 2. The van der Waals surface area contributed by atoms with Crippen LogP contribution < -0.4 is 5.56 Å². The summed E-state index contributed by atoms with van der Waals surface area (Å²) in [7, 11) is 3.85. The molecule has 2 aliphatic rings. The zero-order valence-corrected chi connectivity index (χ0v) is 17.4. The van der Waals surface area contributed by atoms with Crippen LogP contribution in [0.3, 0.4) is 0 Å². The van der Waals surface area contributed by atoms with Crippen LogP contribution in [0.2, 0.25) is 0 Å². The van der Waals surface area contributed by atoms with Gasteiger partial charge in [-0.2, -0.15) is 0 Å². The third-order valence-electron chi connectivity index (χ3n) is 6.75. The van der Waals surface area contributed by atoms with Crippen molar-refractivity contribution >= 4 is 16.8 Å². The van der Waals surface area contributed by atoms with Crippen LogP contribution in [0.4, 0.5) is 0 Å². The number of rotatable bonds is 4. The molecule has 2 heterocycles. The number of aromatic nitrogens is 3. The highest BCUT2D eigenvalue weighted by Crippen LogP contribution is 2.35. The average Bonchev–Trinajstić information content (AvgIpc) is 3.45. The van der Waals surface area contributed by atoms with Crippen LogP contribution in [-0.4, -0.2) is 36.8 Å². The summed E-state index contributed by atoms with van der Waals surface area (Å²) in [5.74, 6) is 0.115. The van der Waals surface area contributed by atoms with Gasteiger partial charge in [0.25, 0.3) is 11.5 Å². The van der Waals surface area contributed by atoms with E-state index in [0.29, 0.717) is 12.5 Å². The molecular weight excluding hydrogens is 364 g/mol. The second-order valence-corrected chi connectivity index (χ2v) is 8.48. The Hall–Kier alpha value is -2.76. The van der Waals surface area contributed by atoms with Crippen molar-refractivity contribution in [3.8, 4) is 0 Å². The SMILES string of the molecule is CCn1c2c(c(=O)n1C)CC(N(C(=O)c1cccc3c1ccn3C)C1CC1)CC2. The highest BCUT2D eigenvalue weighted by atomic mass is 16.2. The summed E-state index contributed by atoms with van der Waals surface area (Å²) in [4.78, 5) is 28.6. The van der Waals surface area contributed by atoms with E-state index in [4.69, 9.17) is 0 Å². The zero-order chi connectivity index (χ0) is 20.3. The van der Waals surface area contributed by atoms with Crippen LogP contribution in [-0.2, 0) is 33.5 Å². The van der Waals surface area contributed by atoms with Crippen LogP contribution in [0.1, 0.15) is 47.8 Å². The van der Waals surface area contributed by atoms with E-state index in [1.807, 2.05) is 38.5 Å². The molecule has 6 heteroatoms. The lowest BCUT2D eigenvalue weighted by atomic mass is 9.91. The lowest BCUT2D eigenvalue weighted by Gasteiger charge is -2.35. The fraction of sp³-hybridized carbons (Fsp3) is 0.478. The number of hydrogen-bond donors (Lipinski definition) is 0. The third kappa shape index (κ3) is 2.76. The summed E-state index contributed by atoms with van der Waals surface area (Å²) in [6.45, 7) is 2.87. The highest BCUT2D eigenvalue weighted by molar-refractivity contribution is 6.06. The smallest absolute Gasteiger partial charge is 0.269 e. The van der Waals surface area contributed by atoms with Crippen molar-refractivity contribution in [1.29, 1.82) is 0 Å². The van der Waals surface area contributed by atoms with Crippen molar-refractivity contribution in [2.75, 3.05) is 0 Å². The predicted molar refractivity (Wildman–Crippen MR) is 113 cm³/mol. The van der Waals surface area contributed by atoms with Crippen LogP contribution in [0.25, 0.3) is 10.9 Å². The van der Waals surface area contributed by atoms with Gasteiger partial charge in [-0.15, -0.1) is 0 Å². The molecule has 1 aromatic carbocycles. The molecule has 1 amide bonds. The van der Waals surface area contributed by atoms with Crippen molar-refractivity contribution in [3.63, 3.8) is 0 Å². The Bertz CT molecular complexity index is 1160. The second kappa shape index (κ2) is 6.65. The Balaban J connectivity index is 1.52. The van der Waals surface area contributed by atoms with Gasteiger partial charge in [-0.05, 0) is 50.8 Å². The number of nitrogens with zero attached hydrogens (tertiary/aromatic N) is 4. The van der Waals surface area contributed by atoms with E-state index in [1.54, 1.807) is 4.68 Å². The molecule has 0 spiro atoms. The molecule has 152 valence electrons. The van der Waals surface area contributed by atoms with Gasteiger partial charge in [0.05, 0.1) is 0 Å². The van der Waals surface area contributed by atoms with Gasteiger partial charge in [0.15, 0.2) is 0 Å². The molecule has 2 aromatic heterocycles. The number of benzene rings is 1. The van der Waals surface area contributed by atoms with Crippen LogP contribution >= 0.6 is 0 Å². The van der Waals surface area contributed by atoms with Crippen molar-refractivity contribution in [1.82, 2.24) is 18.8 Å². The zero-order valence-electron chi connectivity index (χ0n) is 17.4. The molecule has 1 unspecified atom stereocenters. The van der Waals surface area contributed by atoms with Crippen molar-refractivity contribution in [3.05, 3.63) is 57.6 Å². The number of aryl methyl sites for hydroxylation is 1. The highest BCUT2D eigenvalue weighted by Gasteiger charge is 2.40. The van der Waals surface area contributed by atoms with Crippen molar-refractivity contribution in [2.24, 2.45) is 14.1 Å². The normalized spacial score (nSPS) is 18.8. The maximum Gasteiger partial charge on any atom is 0.269 e. The number of carbonyl (C=O) groups excluding carboxylic acids is 1. The van der Waals surface area contributed by atoms with Crippen LogP contribution in [0.5, 0.6) is 0 Å². The van der Waals surface area contributed by atoms with Gasteiger partial charge in [-0.3, -0.25) is 19.0 Å². The van der Waals surface area contributed by atoms with E-state index in [2.05, 4.69) is 27.1 Å². The molecule has 0 radical (unpaired) electrons. The molecular formula is C23H28N4O2. The molecule has 1 atom stereocenters. The van der Waals surface area contributed by atoms with Gasteiger partial charge in [-0.25, -0.2) is 0 Å². The Labute approximate surface area is 170 Å².